The van der Waals surface area contributed by atoms with Crippen molar-refractivity contribution >= 4 is 23.2 Å². The van der Waals surface area contributed by atoms with Crippen molar-refractivity contribution in [3.05, 3.63) is 70.8 Å². The number of carbonyl (C=O) groups excluding carboxylic acids is 2. The largest absolute Gasteiger partial charge is 0.416 e. The molecular weight excluding hydrogens is 423 g/mol. The van der Waals surface area contributed by atoms with Gasteiger partial charge in [0.2, 0.25) is 0 Å². The van der Waals surface area contributed by atoms with Gasteiger partial charge in [-0.15, -0.1) is 0 Å². The summed E-state index contributed by atoms with van der Waals surface area (Å²) in [6, 6.07) is 5.75. The number of pyridine rings is 1. The number of rotatable bonds is 3. The fourth-order valence-electron chi connectivity index (χ4n) is 3.68. The summed E-state index contributed by atoms with van der Waals surface area (Å²) in [7, 11) is 0. The SMILES string of the molecule is Cc1nccc(C(=O)Nc2cnn3c2C(=O)N(c2ccc(C(F)(F)F)cc2)C[C@@H]3C)c1C. The number of hydrogen-bond donors (Lipinski definition) is 1. The number of alkyl halides is 3. The van der Waals surface area contributed by atoms with Gasteiger partial charge in [0.15, 0.2) is 5.69 Å². The third kappa shape index (κ3) is 3.72. The first-order valence-electron chi connectivity index (χ1n) is 9.88. The van der Waals surface area contributed by atoms with E-state index in [1.165, 1.54) is 34.1 Å². The minimum Gasteiger partial charge on any atom is -0.319 e. The normalized spacial score (nSPS) is 16.1. The second-order valence-corrected chi connectivity index (χ2v) is 7.68. The molecule has 0 unspecified atom stereocenters. The summed E-state index contributed by atoms with van der Waals surface area (Å²) in [5, 5.41) is 6.98. The molecule has 2 amide bonds. The maximum Gasteiger partial charge on any atom is 0.416 e. The molecule has 0 radical (unpaired) electrons. The van der Waals surface area contributed by atoms with Crippen LogP contribution in [0.2, 0.25) is 0 Å². The van der Waals surface area contributed by atoms with Gasteiger partial charge in [0.25, 0.3) is 11.8 Å². The lowest BCUT2D eigenvalue weighted by molar-refractivity contribution is -0.137. The summed E-state index contributed by atoms with van der Waals surface area (Å²) in [4.78, 5) is 31.6. The van der Waals surface area contributed by atoms with Crippen molar-refractivity contribution < 1.29 is 22.8 Å². The first kappa shape index (κ1) is 21.5. The van der Waals surface area contributed by atoms with E-state index in [9.17, 15) is 22.8 Å². The highest BCUT2D eigenvalue weighted by Crippen LogP contribution is 2.33. The fourth-order valence-corrected chi connectivity index (χ4v) is 3.68. The Morgan fingerprint density at radius 2 is 1.84 bits per heavy atom. The van der Waals surface area contributed by atoms with Crippen molar-refractivity contribution in [2.24, 2.45) is 0 Å². The zero-order valence-electron chi connectivity index (χ0n) is 17.6. The Morgan fingerprint density at radius 1 is 1.16 bits per heavy atom. The lowest BCUT2D eigenvalue weighted by atomic mass is 10.1. The smallest absolute Gasteiger partial charge is 0.319 e. The summed E-state index contributed by atoms with van der Waals surface area (Å²) < 4.78 is 40.2. The zero-order valence-corrected chi connectivity index (χ0v) is 17.6. The van der Waals surface area contributed by atoms with Crippen molar-refractivity contribution in [3.63, 3.8) is 0 Å². The van der Waals surface area contributed by atoms with E-state index in [4.69, 9.17) is 0 Å². The maximum atomic E-state index is 13.2. The highest BCUT2D eigenvalue weighted by atomic mass is 19.4. The molecule has 0 saturated carbocycles. The van der Waals surface area contributed by atoms with Gasteiger partial charge in [-0.1, -0.05) is 0 Å². The molecule has 0 saturated heterocycles. The minimum absolute atomic E-state index is 0.167. The number of aromatic nitrogens is 3. The van der Waals surface area contributed by atoms with E-state index in [1.54, 1.807) is 19.9 Å². The molecule has 0 bridgehead atoms. The number of amides is 2. The Balaban J connectivity index is 1.65. The first-order valence-corrected chi connectivity index (χ1v) is 9.88. The molecule has 0 aliphatic carbocycles. The predicted octanol–water partition coefficient (Wildman–Crippen LogP) is 4.39. The van der Waals surface area contributed by atoms with Crippen molar-refractivity contribution in [2.45, 2.75) is 33.0 Å². The molecular formula is C22H20F3N5O2. The van der Waals surface area contributed by atoms with Gasteiger partial charge in [-0.2, -0.15) is 18.3 Å². The van der Waals surface area contributed by atoms with Crippen LogP contribution in [0.4, 0.5) is 24.5 Å². The van der Waals surface area contributed by atoms with Gasteiger partial charge >= 0.3 is 6.18 Å². The number of carbonyl (C=O) groups is 2. The molecule has 10 heteroatoms. The number of fused-ring (bicyclic) bond motifs is 1. The second-order valence-electron chi connectivity index (χ2n) is 7.68. The second kappa shape index (κ2) is 7.77. The third-order valence-electron chi connectivity index (χ3n) is 5.56. The Hall–Kier alpha value is -3.69. The molecule has 3 aromatic rings. The molecule has 3 heterocycles. The summed E-state index contributed by atoms with van der Waals surface area (Å²) in [5.41, 5.74) is 1.80. The van der Waals surface area contributed by atoms with Crippen LogP contribution in [0.5, 0.6) is 0 Å². The lowest BCUT2D eigenvalue weighted by Gasteiger charge is -2.32. The van der Waals surface area contributed by atoms with Crippen LogP contribution in [-0.2, 0) is 6.18 Å². The highest BCUT2D eigenvalue weighted by molar-refractivity contribution is 6.13. The minimum atomic E-state index is -4.46. The van der Waals surface area contributed by atoms with Crippen LogP contribution in [0.3, 0.4) is 0 Å². The van der Waals surface area contributed by atoms with Crippen molar-refractivity contribution in [1.82, 2.24) is 14.8 Å². The molecule has 0 spiro atoms. The number of nitrogens with one attached hydrogen (secondary N) is 1. The van der Waals surface area contributed by atoms with Crippen LogP contribution < -0.4 is 10.2 Å². The summed E-state index contributed by atoms with van der Waals surface area (Å²) >= 11 is 0. The number of aryl methyl sites for hydroxylation is 1. The quantitative estimate of drug-likeness (QED) is 0.651. The molecule has 0 fully saturated rings. The standard InChI is InChI=1S/C22H20F3N5O2/c1-12-11-29(16-6-4-15(5-7-16)22(23,24)25)21(32)19-18(10-27-30(12)19)28-20(31)17-8-9-26-14(3)13(17)2/h4-10,12H,11H2,1-3H3,(H,28,31)/t12-/m0/s1. The van der Waals surface area contributed by atoms with E-state index in [0.29, 0.717) is 16.9 Å². The Labute approximate surface area is 181 Å². The average Bonchev–Trinajstić information content (AvgIpc) is 3.16. The summed E-state index contributed by atoms with van der Waals surface area (Å²) in [6.45, 7) is 5.64. The first-order chi connectivity index (χ1) is 15.1. The van der Waals surface area contributed by atoms with Gasteiger partial charge in [-0.25, -0.2) is 0 Å². The van der Waals surface area contributed by atoms with Crippen molar-refractivity contribution in [2.75, 3.05) is 16.8 Å². The summed E-state index contributed by atoms with van der Waals surface area (Å²) in [6.07, 6.45) is -1.53. The van der Waals surface area contributed by atoms with Crippen LogP contribution >= 0.6 is 0 Å². The van der Waals surface area contributed by atoms with E-state index in [0.717, 1.165) is 17.7 Å². The average molecular weight is 443 g/mol. The molecule has 1 N–H and O–H groups in total. The van der Waals surface area contributed by atoms with E-state index in [-0.39, 0.29) is 24.0 Å². The zero-order chi connectivity index (χ0) is 23.2. The van der Waals surface area contributed by atoms with Gasteiger partial charge in [-0.3, -0.25) is 19.3 Å². The van der Waals surface area contributed by atoms with E-state index >= 15 is 0 Å². The van der Waals surface area contributed by atoms with Gasteiger partial charge in [0.1, 0.15) is 0 Å². The van der Waals surface area contributed by atoms with Gasteiger partial charge < -0.3 is 10.2 Å². The predicted molar refractivity (Wildman–Crippen MR) is 112 cm³/mol. The fraction of sp³-hybridized carbons (Fsp3) is 0.273. The summed E-state index contributed by atoms with van der Waals surface area (Å²) in [5.74, 6) is -0.866. The number of anilines is 2. The molecule has 1 aromatic carbocycles. The molecule has 32 heavy (non-hydrogen) atoms. The Morgan fingerprint density at radius 3 is 2.50 bits per heavy atom. The molecule has 7 nitrogen and oxygen atoms in total. The van der Waals surface area contributed by atoms with Crippen LogP contribution in [0, 0.1) is 13.8 Å². The molecule has 1 atom stereocenters. The van der Waals surface area contributed by atoms with E-state index in [2.05, 4.69) is 15.4 Å². The molecule has 1 aliphatic heterocycles. The number of nitrogens with zero attached hydrogens (tertiary/aromatic N) is 4. The lowest BCUT2D eigenvalue weighted by Crippen LogP contribution is -2.43. The van der Waals surface area contributed by atoms with Crippen molar-refractivity contribution in [1.29, 1.82) is 0 Å². The van der Waals surface area contributed by atoms with Crippen LogP contribution in [0.15, 0.2) is 42.7 Å². The van der Waals surface area contributed by atoms with Gasteiger partial charge in [0.05, 0.1) is 23.5 Å². The maximum absolute atomic E-state index is 13.2. The topological polar surface area (TPSA) is 80.1 Å². The molecule has 2 aromatic heterocycles. The molecule has 166 valence electrons. The Kier molecular flexibility index (Phi) is 5.23. The highest BCUT2D eigenvalue weighted by Gasteiger charge is 2.35. The van der Waals surface area contributed by atoms with Crippen molar-refractivity contribution in [3.8, 4) is 0 Å². The third-order valence-corrected chi connectivity index (χ3v) is 5.56. The molecule has 1 aliphatic rings. The number of hydrogen-bond acceptors (Lipinski definition) is 4. The monoisotopic (exact) mass is 443 g/mol. The molecule has 4 rings (SSSR count). The number of benzene rings is 1. The van der Waals surface area contributed by atoms with Gasteiger partial charge in [-0.05, 0) is 56.7 Å². The number of halogens is 3. The van der Waals surface area contributed by atoms with E-state index in [1.807, 2.05) is 6.92 Å². The van der Waals surface area contributed by atoms with Crippen LogP contribution in [0.1, 0.15) is 50.6 Å². The van der Waals surface area contributed by atoms with Crippen LogP contribution in [-0.4, -0.2) is 33.1 Å². The van der Waals surface area contributed by atoms with E-state index < -0.39 is 23.6 Å². The Bertz CT molecular complexity index is 1200. The van der Waals surface area contributed by atoms with Crippen LogP contribution in [0.25, 0.3) is 0 Å². The van der Waals surface area contributed by atoms with Gasteiger partial charge in [0, 0.05) is 29.7 Å².